The van der Waals surface area contributed by atoms with E-state index < -0.39 is 0 Å². The first-order chi connectivity index (χ1) is 10.8. The first-order valence-electron chi connectivity index (χ1n) is 7.68. The van der Waals surface area contributed by atoms with Crippen LogP contribution in [-0.2, 0) is 9.53 Å². The first-order valence-corrected chi connectivity index (χ1v) is 8.84. The molecular weight excluding hydrogens is 300 g/mol. The summed E-state index contributed by atoms with van der Waals surface area (Å²) in [6.45, 7) is 7.25. The third kappa shape index (κ3) is 6.25. The number of carbonyl (C=O) groups excluding carboxylic acids is 1. The molecule has 0 radical (unpaired) electrons. The highest BCUT2D eigenvalue weighted by molar-refractivity contribution is 7.99. The molecule has 0 saturated carbocycles. The van der Waals surface area contributed by atoms with Crippen molar-refractivity contribution < 1.29 is 14.3 Å². The van der Waals surface area contributed by atoms with Crippen molar-refractivity contribution in [2.24, 2.45) is 0 Å². The van der Waals surface area contributed by atoms with Crippen molar-refractivity contribution in [2.75, 3.05) is 56.3 Å². The van der Waals surface area contributed by atoms with Crippen molar-refractivity contribution in [2.45, 2.75) is 6.92 Å². The monoisotopic (exact) mass is 324 g/mol. The zero-order valence-corrected chi connectivity index (χ0v) is 13.9. The summed E-state index contributed by atoms with van der Waals surface area (Å²) in [5.41, 5.74) is 0.808. The van der Waals surface area contributed by atoms with E-state index in [-0.39, 0.29) is 5.91 Å². The Bertz CT molecular complexity index is 447. The largest absolute Gasteiger partial charge is 0.494 e. The number of carbonyl (C=O) groups is 1. The van der Waals surface area contributed by atoms with E-state index in [1.807, 2.05) is 31.2 Å². The molecule has 22 heavy (non-hydrogen) atoms. The van der Waals surface area contributed by atoms with Crippen molar-refractivity contribution in [1.82, 2.24) is 4.90 Å². The third-order valence-corrected chi connectivity index (χ3v) is 4.28. The van der Waals surface area contributed by atoms with E-state index in [2.05, 4.69) is 10.2 Å². The average molecular weight is 324 g/mol. The molecule has 0 bridgehead atoms. The molecule has 2 rings (SSSR count). The Balaban J connectivity index is 1.60. The van der Waals surface area contributed by atoms with Crippen LogP contribution in [0.15, 0.2) is 24.3 Å². The van der Waals surface area contributed by atoms with E-state index in [0.29, 0.717) is 12.4 Å². The lowest BCUT2D eigenvalue weighted by molar-refractivity contribution is -0.113. The minimum atomic E-state index is 0.0381. The van der Waals surface area contributed by atoms with Gasteiger partial charge in [-0.15, -0.1) is 0 Å². The van der Waals surface area contributed by atoms with Gasteiger partial charge in [-0.3, -0.25) is 9.69 Å². The van der Waals surface area contributed by atoms with Crippen LogP contribution < -0.4 is 10.1 Å². The Kier molecular flexibility index (Phi) is 7.56. The SMILES string of the molecule is CCOc1ccc(NC(=O)CSCCN2CCOCC2)cc1. The summed E-state index contributed by atoms with van der Waals surface area (Å²) in [4.78, 5) is 14.3. The van der Waals surface area contributed by atoms with Gasteiger partial charge in [0, 0.05) is 31.1 Å². The summed E-state index contributed by atoms with van der Waals surface area (Å²) in [7, 11) is 0. The van der Waals surface area contributed by atoms with Crippen LogP contribution in [0.25, 0.3) is 0 Å². The van der Waals surface area contributed by atoms with Gasteiger partial charge < -0.3 is 14.8 Å². The van der Waals surface area contributed by atoms with E-state index in [0.717, 1.165) is 50.0 Å². The van der Waals surface area contributed by atoms with Gasteiger partial charge in [-0.1, -0.05) is 0 Å². The number of morpholine rings is 1. The number of benzene rings is 1. The minimum absolute atomic E-state index is 0.0381. The van der Waals surface area contributed by atoms with Crippen molar-refractivity contribution >= 4 is 23.4 Å². The quantitative estimate of drug-likeness (QED) is 0.742. The summed E-state index contributed by atoms with van der Waals surface area (Å²) < 4.78 is 10.7. The number of anilines is 1. The van der Waals surface area contributed by atoms with Gasteiger partial charge in [0.25, 0.3) is 0 Å². The standard InChI is InChI=1S/C16H24N2O3S/c1-2-21-15-5-3-14(4-6-15)17-16(19)13-22-12-9-18-7-10-20-11-8-18/h3-6H,2,7-13H2,1H3,(H,17,19). The van der Waals surface area contributed by atoms with Crippen LogP contribution in [0.1, 0.15) is 6.92 Å². The van der Waals surface area contributed by atoms with Gasteiger partial charge in [-0.2, -0.15) is 11.8 Å². The molecule has 1 aliphatic heterocycles. The molecule has 1 aromatic rings. The molecule has 0 aromatic heterocycles. The molecule has 0 atom stereocenters. The van der Waals surface area contributed by atoms with E-state index in [4.69, 9.17) is 9.47 Å². The molecular formula is C16H24N2O3S. The lowest BCUT2D eigenvalue weighted by Gasteiger charge is -2.26. The maximum absolute atomic E-state index is 11.9. The van der Waals surface area contributed by atoms with Crippen LogP contribution in [-0.4, -0.2) is 61.8 Å². The lowest BCUT2D eigenvalue weighted by Crippen LogP contribution is -2.37. The van der Waals surface area contributed by atoms with Crippen molar-refractivity contribution in [3.05, 3.63) is 24.3 Å². The third-order valence-electron chi connectivity index (χ3n) is 3.34. The molecule has 1 fully saturated rings. The molecule has 1 amide bonds. The van der Waals surface area contributed by atoms with Crippen LogP contribution in [0.3, 0.4) is 0 Å². The van der Waals surface area contributed by atoms with Gasteiger partial charge in [0.1, 0.15) is 5.75 Å². The van der Waals surface area contributed by atoms with Crippen LogP contribution in [0.4, 0.5) is 5.69 Å². The fraction of sp³-hybridized carbons (Fsp3) is 0.562. The van der Waals surface area contributed by atoms with Gasteiger partial charge in [0.15, 0.2) is 0 Å². The molecule has 1 aromatic carbocycles. The molecule has 1 aliphatic rings. The second kappa shape index (κ2) is 9.71. The van der Waals surface area contributed by atoms with E-state index >= 15 is 0 Å². The van der Waals surface area contributed by atoms with Crippen molar-refractivity contribution in [3.63, 3.8) is 0 Å². The highest BCUT2D eigenvalue weighted by Gasteiger charge is 2.10. The van der Waals surface area contributed by atoms with Gasteiger partial charge >= 0.3 is 0 Å². The van der Waals surface area contributed by atoms with Gasteiger partial charge in [0.05, 0.1) is 25.6 Å². The number of amides is 1. The maximum Gasteiger partial charge on any atom is 0.234 e. The highest BCUT2D eigenvalue weighted by Crippen LogP contribution is 2.16. The van der Waals surface area contributed by atoms with Crippen LogP contribution in [0.2, 0.25) is 0 Å². The number of rotatable bonds is 8. The predicted octanol–water partition coefficient (Wildman–Crippen LogP) is 2.09. The summed E-state index contributed by atoms with van der Waals surface area (Å²) >= 11 is 1.67. The summed E-state index contributed by atoms with van der Waals surface area (Å²) in [5.74, 6) is 2.31. The second-order valence-corrected chi connectivity index (χ2v) is 6.12. The lowest BCUT2D eigenvalue weighted by atomic mass is 10.3. The molecule has 1 heterocycles. The zero-order valence-electron chi connectivity index (χ0n) is 13.0. The van der Waals surface area contributed by atoms with Gasteiger partial charge in [-0.25, -0.2) is 0 Å². The normalized spacial score (nSPS) is 15.5. The molecule has 6 heteroatoms. The molecule has 5 nitrogen and oxygen atoms in total. The summed E-state index contributed by atoms with van der Waals surface area (Å²) in [6, 6.07) is 7.46. The van der Waals surface area contributed by atoms with Crippen molar-refractivity contribution in [3.8, 4) is 5.75 Å². The smallest absolute Gasteiger partial charge is 0.234 e. The molecule has 122 valence electrons. The summed E-state index contributed by atoms with van der Waals surface area (Å²) in [6.07, 6.45) is 0. The van der Waals surface area contributed by atoms with Gasteiger partial charge in [0.2, 0.25) is 5.91 Å². The minimum Gasteiger partial charge on any atom is -0.494 e. The van der Waals surface area contributed by atoms with Crippen LogP contribution in [0, 0.1) is 0 Å². The van der Waals surface area contributed by atoms with E-state index in [1.165, 1.54) is 0 Å². The molecule has 0 unspecified atom stereocenters. The number of nitrogens with one attached hydrogen (secondary N) is 1. The Hall–Kier alpha value is -1.24. The van der Waals surface area contributed by atoms with Crippen LogP contribution >= 0.6 is 11.8 Å². The highest BCUT2D eigenvalue weighted by atomic mass is 32.2. The van der Waals surface area contributed by atoms with Crippen molar-refractivity contribution in [1.29, 1.82) is 0 Å². The Morgan fingerprint density at radius 1 is 1.32 bits per heavy atom. The summed E-state index contributed by atoms with van der Waals surface area (Å²) in [5, 5.41) is 2.90. The number of ether oxygens (including phenoxy) is 2. The average Bonchev–Trinajstić information content (AvgIpc) is 2.55. The number of nitrogens with zero attached hydrogens (tertiary/aromatic N) is 1. The van der Waals surface area contributed by atoms with Gasteiger partial charge in [-0.05, 0) is 31.2 Å². The fourth-order valence-electron chi connectivity index (χ4n) is 2.18. The molecule has 0 aliphatic carbocycles. The van der Waals surface area contributed by atoms with Crippen LogP contribution in [0.5, 0.6) is 5.75 Å². The Morgan fingerprint density at radius 2 is 2.05 bits per heavy atom. The van der Waals surface area contributed by atoms with E-state index in [1.54, 1.807) is 11.8 Å². The second-order valence-electron chi connectivity index (χ2n) is 5.01. The van der Waals surface area contributed by atoms with E-state index in [9.17, 15) is 4.79 Å². The topological polar surface area (TPSA) is 50.8 Å². The fourth-order valence-corrected chi connectivity index (χ4v) is 2.97. The zero-order chi connectivity index (χ0) is 15.6. The number of hydrogen-bond donors (Lipinski definition) is 1. The molecule has 1 saturated heterocycles. The number of thioether (sulfide) groups is 1. The molecule has 1 N–H and O–H groups in total. The maximum atomic E-state index is 11.9. The first kappa shape index (κ1) is 17.1. The Morgan fingerprint density at radius 3 is 2.73 bits per heavy atom. The molecule has 0 spiro atoms. The predicted molar refractivity (Wildman–Crippen MR) is 90.8 cm³/mol. The Labute approximate surface area is 136 Å². The number of hydrogen-bond acceptors (Lipinski definition) is 5.